The Morgan fingerprint density at radius 3 is 2.60 bits per heavy atom. The van der Waals surface area contributed by atoms with Gasteiger partial charge in [0.2, 0.25) is 0 Å². The molecule has 0 radical (unpaired) electrons. The summed E-state index contributed by atoms with van der Waals surface area (Å²) in [7, 11) is 0. The van der Waals surface area contributed by atoms with Crippen LogP contribution in [0.2, 0.25) is 0 Å². The topological polar surface area (TPSA) is 22.1 Å². The molecule has 0 unspecified atom stereocenters. The van der Waals surface area contributed by atoms with Crippen LogP contribution in [0.1, 0.15) is 16.8 Å². The zero-order valence-electron chi connectivity index (χ0n) is 8.86. The molecule has 0 saturated carbocycles. The molecule has 0 atom stereocenters. The van der Waals surface area contributed by atoms with Crippen molar-refractivity contribution in [1.29, 1.82) is 0 Å². The van der Waals surface area contributed by atoms with Crippen LogP contribution in [0.3, 0.4) is 0 Å². The van der Waals surface area contributed by atoms with Crippen molar-refractivity contribution in [2.45, 2.75) is 20.5 Å². The summed E-state index contributed by atoms with van der Waals surface area (Å²) in [4.78, 5) is 4.18. The number of rotatable bonds is 3. The summed E-state index contributed by atoms with van der Waals surface area (Å²) in [6.45, 7) is 4.67. The maximum Gasteiger partial charge on any atom is 0.131 e. The monoisotopic (exact) mass is 219 g/mol. The predicted octanol–water partition coefficient (Wildman–Crippen LogP) is 3.34. The minimum Gasteiger partial charge on any atom is -0.487 e. The van der Waals surface area contributed by atoms with E-state index in [-0.39, 0.29) is 0 Å². The number of aromatic nitrogens is 1. The molecule has 0 spiro atoms. The summed E-state index contributed by atoms with van der Waals surface area (Å²) in [5, 5.41) is 2.01. The molecule has 15 heavy (non-hydrogen) atoms. The fourth-order valence-corrected chi connectivity index (χ4v) is 2.02. The third kappa shape index (κ3) is 2.36. The quantitative estimate of drug-likeness (QED) is 0.790. The Hall–Kier alpha value is -1.35. The third-order valence-electron chi connectivity index (χ3n) is 2.26. The Kier molecular flexibility index (Phi) is 3.02. The van der Waals surface area contributed by atoms with Gasteiger partial charge in [-0.2, -0.15) is 0 Å². The zero-order valence-corrected chi connectivity index (χ0v) is 9.67. The van der Waals surface area contributed by atoms with Crippen LogP contribution in [-0.4, -0.2) is 4.98 Å². The van der Waals surface area contributed by atoms with Gasteiger partial charge in [-0.3, -0.25) is 0 Å². The molecule has 0 N–H and O–H groups in total. The van der Waals surface area contributed by atoms with Gasteiger partial charge in [0.25, 0.3) is 0 Å². The van der Waals surface area contributed by atoms with E-state index in [1.807, 2.05) is 17.0 Å². The van der Waals surface area contributed by atoms with Crippen molar-refractivity contribution in [3.05, 3.63) is 45.9 Å². The fraction of sp³-hybridized carbons (Fsp3) is 0.250. The Labute approximate surface area is 93.6 Å². The first-order chi connectivity index (χ1) is 7.27. The van der Waals surface area contributed by atoms with Gasteiger partial charge in [0.05, 0.1) is 11.2 Å². The normalized spacial score (nSPS) is 10.3. The van der Waals surface area contributed by atoms with E-state index in [0.29, 0.717) is 6.61 Å². The second-order valence-electron chi connectivity index (χ2n) is 3.49. The smallest absolute Gasteiger partial charge is 0.131 e. The van der Waals surface area contributed by atoms with Gasteiger partial charge in [0.1, 0.15) is 12.4 Å². The van der Waals surface area contributed by atoms with Crippen molar-refractivity contribution >= 4 is 11.3 Å². The van der Waals surface area contributed by atoms with Crippen LogP contribution in [0.25, 0.3) is 0 Å². The molecule has 0 saturated heterocycles. The highest BCUT2D eigenvalue weighted by Crippen LogP contribution is 2.23. The molecule has 0 aliphatic rings. The fourth-order valence-electron chi connectivity index (χ4n) is 1.48. The molecule has 2 aromatic rings. The number of ether oxygens (including phenoxy) is 1. The summed E-state index contributed by atoms with van der Waals surface area (Å²) in [5.74, 6) is 0.977. The average molecular weight is 219 g/mol. The molecule has 0 bridgehead atoms. The summed E-state index contributed by atoms with van der Waals surface area (Å²) in [6, 6.07) is 6.16. The average Bonchev–Trinajstić information content (AvgIpc) is 2.70. The summed E-state index contributed by atoms with van der Waals surface area (Å²) in [6.07, 6.45) is 0. The van der Waals surface area contributed by atoms with Crippen molar-refractivity contribution in [3.63, 3.8) is 0 Å². The standard InChI is InChI=1S/C12H13NOS/c1-9-4-3-5-10(2)12(9)14-6-11-7-15-8-13-11/h3-5,7-8H,6H2,1-2H3. The number of benzene rings is 1. The minimum absolute atomic E-state index is 0.551. The lowest BCUT2D eigenvalue weighted by atomic mass is 10.1. The van der Waals surface area contributed by atoms with Gasteiger partial charge in [-0.15, -0.1) is 11.3 Å². The molecule has 0 aliphatic heterocycles. The molecule has 1 aromatic carbocycles. The van der Waals surface area contributed by atoms with Gasteiger partial charge in [-0.1, -0.05) is 18.2 Å². The minimum atomic E-state index is 0.551. The van der Waals surface area contributed by atoms with Gasteiger partial charge in [-0.05, 0) is 25.0 Å². The van der Waals surface area contributed by atoms with Crippen molar-refractivity contribution in [1.82, 2.24) is 4.98 Å². The SMILES string of the molecule is Cc1cccc(C)c1OCc1cscn1. The largest absolute Gasteiger partial charge is 0.487 e. The van der Waals surface area contributed by atoms with E-state index in [1.165, 1.54) is 11.1 Å². The van der Waals surface area contributed by atoms with Crippen LogP contribution in [-0.2, 0) is 6.61 Å². The van der Waals surface area contributed by atoms with Crippen LogP contribution in [0.4, 0.5) is 0 Å². The molecule has 78 valence electrons. The number of aryl methyl sites for hydroxylation is 2. The van der Waals surface area contributed by atoms with Crippen LogP contribution in [0, 0.1) is 13.8 Å². The first-order valence-electron chi connectivity index (χ1n) is 4.83. The molecule has 0 amide bonds. The Morgan fingerprint density at radius 2 is 2.00 bits per heavy atom. The summed E-state index contributed by atoms with van der Waals surface area (Å²) < 4.78 is 5.76. The maximum atomic E-state index is 5.76. The molecule has 3 heteroatoms. The third-order valence-corrected chi connectivity index (χ3v) is 2.89. The van der Waals surface area contributed by atoms with E-state index >= 15 is 0 Å². The van der Waals surface area contributed by atoms with Crippen LogP contribution < -0.4 is 4.74 Å². The first kappa shape index (κ1) is 10.2. The van der Waals surface area contributed by atoms with Gasteiger partial charge >= 0.3 is 0 Å². The molecule has 0 fully saturated rings. The lowest BCUT2D eigenvalue weighted by Gasteiger charge is -2.10. The lowest BCUT2D eigenvalue weighted by molar-refractivity contribution is 0.298. The first-order valence-corrected chi connectivity index (χ1v) is 5.78. The second-order valence-corrected chi connectivity index (χ2v) is 4.21. The molecule has 2 nitrogen and oxygen atoms in total. The molecular formula is C12H13NOS. The highest BCUT2D eigenvalue weighted by atomic mass is 32.1. The van der Waals surface area contributed by atoms with Crippen LogP contribution in [0.15, 0.2) is 29.1 Å². The number of hydrogen-bond acceptors (Lipinski definition) is 3. The van der Waals surface area contributed by atoms with Gasteiger partial charge in [-0.25, -0.2) is 4.98 Å². The van der Waals surface area contributed by atoms with Crippen molar-refractivity contribution in [2.24, 2.45) is 0 Å². The Morgan fingerprint density at radius 1 is 1.27 bits per heavy atom. The summed E-state index contributed by atoms with van der Waals surface area (Å²) >= 11 is 1.59. The Balaban J connectivity index is 2.11. The van der Waals surface area contributed by atoms with E-state index in [2.05, 4.69) is 31.0 Å². The predicted molar refractivity (Wildman–Crippen MR) is 62.4 cm³/mol. The highest BCUT2D eigenvalue weighted by molar-refractivity contribution is 7.07. The number of nitrogens with zero attached hydrogens (tertiary/aromatic N) is 1. The lowest BCUT2D eigenvalue weighted by Crippen LogP contribution is -1.98. The molecular weight excluding hydrogens is 206 g/mol. The van der Waals surface area contributed by atoms with E-state index in [9.17, 15) is 0 Å². The van der Waals surface area contributed by atoms with Crippen molar-refractivity contribution in [2.75, 3.05) is 0 Å². The highest BCUT2D eigenvalue weighted by Gasteiger charge is 2.03. The van der Waals surface area contributed by atoms with Crippen LogP contribution >= 0.6 is 11.3 Å². The number of hydrogen-bond donors (Lipinski definition) is 0. The van der Waals surface area contributed by atoms with Gasteiger partial charge in [0, 0.05) is 5.38 Å². The van der Waals surface area contributed by atoms with E-state index in [0.717, 1.165) is 11.4 Å². The number of para-hydroxylation sites is 1. The van der Waals surface area contributed by atoms with Gasteiger partial charge < -0.3 is 4.74 Å². The maximum absolute atomic E-state index is 5.76. The molecule has 2 rings (SSSR count). The zero-order chi connectivity index (χ0) is 10.7. The Bertz CT molecular complexity index is 417. The van der Waals surface area contributed by atoms with E-state index < -0.39 is 0 Å². The molecule has 1 heterocycles. The summed E-state index contributed by atoms with van der Waals surface area (Å²) in [5.41, 5.74) is 5.15. The van der Waals surface area contributed by atoms with Crippen molar-refractivity contribution in [3.8, 4) is 5.75 Å². The van der Waals surface area contributed by atoms with E-state index in [4.69, 9.17) is 4.74 Å². The van der Waals surface area contributed by atoms with Gasteiger partial charge in [0.15, 0.2) is 0 Å². The van der Waals surface area contributed by atoms with Crippen LogP contribution in [0.5, 0.6) is 5.75 Å². The van der Waals surface area contributed by atoms with Crippen molar-refractivity contribution < 1.29 is 4.74 Å². The molecule has 0 aliphatic carbocycles. The van der Waals surface area contributed by atoms with E-state index in [1.54, 1.807) is 11.3 Å². The second kappa shape index (κ2) is 4.45. The molecule has 1 aromatic heterocycles. The number of thiazole rings is 1.